The van der Waals surface area contributed by atoms with E-state index in [0.29, 0.717) is 16.6 Å². The smallest absolute Gasteiger partial charge is 0.257 e. The van der Waals surface area contributed by atoms with Crippen molar-refractivity contribution in [2.75, 3.05) is 5.32 Å². The summed E-state index contributed by atoms with van der Waals surface area (Å²) in [5.74, 6) is 0.545. The number of hydrogen-bond donors (Lipinski definition) is 1. The first-order valence-corrected chi connectivity index (χ1v) is 7.35. The van der Waals surface area contributed by atoms with Crippen molar-refractivity contribution in [3.8, 4) is 0 Å². The quantitative estimate of drug-likeness (QED) is 0.921. The highest BCUT2D eigenvalue weighted by Gasteiger charge is 2.26. The minimum atomic E-state index is -0.0835. The van der Waals surface area contributed by atoms with Crippen LogP contribution in [-0.4, -0.2) is 10.9 Å². The van der Waals surface area contributed by atoms with E-state index in [-0.39, 0.29) is 5.91 Å². The second-order valence-corrected chi connectivity index (χ2v) is 5.96. The minimum Gasteiger partial charge on any atom is -0.298 e. The lowest BCUT2D eigenvalue weighted by molar-refractivity contribution is 0.102. The molecule has 4 heteroatoms. The Morgan fingerprint density at radius 3 is 2.79 bits per heavy atom. The maximum absolute atomic E-state index is 12.1. The van der Waals surface area contributed by atoms with Crippen LogP contribution < -0.4 is 5.32 Å². The van der Waals surface area contributed by atoms with Gasteiger partial charge in [-0.25, -0.2) is 4.98 Å². The van der Waals surface area contributed by atoms with Gasteiger partial charge in [0.1, 0.15) is 0 Å². The highest BCUT2D eigenvalue weighted by Crippen LogP contribution is 2.40. The second kappa shape index (κ2) is 4.78. The van der Waals surface area contributed by atoms with E-state index in [1.54, 1.807) is 0 Å². The SMILES string of the molecule is Cc1ccc(C(=O)Nc2nc(C3CC3)cs2)cc1C. The van der Waals surface area contributed by atoms with Crippen LogP contribution in [-0.2, 0) is 0 Å². The number of aromatic nitrogens is 1. The van der Waals surface area contributed by atoms with Crippen LogP contribution in [0.4, 0.5) is 5.13 Å². The van der Waals surface area contributed by atoms with E-state index < -0.39 is 0 Å². The van der Waals surface area contributed by atoms with Gasteiger partial charge in [-0.3, -0.25) is 10.1 Å². The van der Waals surface area contributed by atoms with Crippen molar-refractivity contribution in [1.82, 2.24) is 4.98 Å². The van der Waals surface area contributed by atoms with E-state index in [1.165, 1.54) is 29.7 Å². The number of nitrogens with one attached hydrogen (secondary N) is 1. The maximum atomic E-state index is 12.1. The van der Waals surface area contributed by atoms with Crippen LogP contribution in [0.25, 0.3) is 0 Å². The van der Waals surface area contributed by atoms with Gasteiger partial charge in [-0.2, -0.15) is 0 Å². The van der Waals surface area contributed by atoms with Crippen molar-refractivity contribution in [1.29, 1.82) is 0 Å². The summed E-state index contributed by atoms with van der Waals surface area (Å²) in [5.41, 5.74) is 4.14. The molecule has 3 nitrogen and oxygen atoms in total. The van der Waals surface area contributed by atoms with Gasteiger partial charge < -0.3 is 0 Å². The van der Waals surface area contributed by atoms with E-state index in [9.17, 15) is 4.79 Å². The Labute approximate surface area is 116 Å². The van der Waals surface area contributed by atoms with Gasteiger partial charge in [-0.15, -0.1) is 11.3 Å². The maximum Gasteiger partial charge on any atom is 0.257 e. The Morgan fingerprint density at radius 2 is 2.11 bits per heavy atom. The number of thiazole rings is 1. The highest BCUT2D eigenvalue weighted by atomic mass is 32.1. The molecule has 0 unspecified atom stereocenters. The van der Waals surface area contributed by atoms with Gasteiger partial charge in [0.15, 0.2) is 5.13 Å². The Bertz CT molecular complexity index is 629. The molecule has 3 rings (SSSR count). The second-order valence-electron chi connectivity index (χ2n) is 5.10. The molecule has 1 heterocycles. The number of hydrogen-bond acceptors (Lipinski definition) is 3. The Balaban J connectivity index is 1.74. The fourth-order valence-corrected chi connectivity index (χ4v) is 2.75. The van der Waals surface area contributed by atoms with Gasteiger partial charge >= 0.3 is 0 Å². The predicted octanol–water partition coefficient (Wildman–Crippen LogP) is 3.89. The largest absolute Gasteiger partial charge is 0.298 e. The fourth-order valence-electron chi connectivity index (χ4n) is 1.96. The van der Waals surface area contributed by atoms with Crippen molar-refractivity contribution in [2.24, 2.45) is 0 Å². The summed E-state index contributed by atoms with van der Waals surface area (Å²) in [6.07, 6.45) is 2.46. The molecule has 1 amide bonds. The third kappa shape index (κ3) is 2.68. The minimum absolute atomic E-state index is 0.0835. The number of benzene rings is 1. The molecule has 0 atom stereocenters. The molecule has 98 valence electrons. The van der Waals surface area contributed by atoms with E-state index in [4.69, 9.17) is 0 Å². The third-order valence-electron chi connectivity index (χ3n) is 3.51. The van der Waals surface area contributed by atoms with Crippen molar-refractivity contribution in [3.63, 3.8) is 0 Å². The zero-order valence-electron chi connectivity index (χ0n) is 11.1. The van der Waals surface area contributed by atoms with E-state index in [1.807, 2.05) is 37.4 Å². The van der Waals surface area contributed by atoms with Crippen molar-refractivity contribution < 1.29 is 4.79 Å². The number of rotatable bonds is 3. The van der Waals surface area contributed by atoms with Gasteiger partial charge in [-0.05, 0) is 49.9 Å². The monoisotopic (exact) mass is 272 g/mol. The van der Waals surface area contributed by atoms with Crippen LogP contribution in [0.2, 0.25) is 0 Å². The molecule has 19 heavy (non-hydrogen) atoms. The molecule has 1 aromatic heterocycles. The molecule has 1 saturated carbocycles. The molecule has 0 radical (unpaired) electrons. The molecule has 0 bridgehead atoms. The van der Waals surface area contributed by atoms with E-state index in [0.717, 1.165) is 11.3 Å². The van der Waals surface area contributed by atoms with Crippen LogP contribution in [0.3, 0.4) is 0 Å². The zero-order valence-corrected chi connectivity index (χ0v) is 11.9. The summed E-state index contributed by atoms with van der Waals surface area (Å²) in [6, 6.07) is 5.74. The molecule has 1 aromatic carbocycles. The number of carbonyl (C=O) groups excluding carboxylic acids is 1. The normalized spacial score (nSPS) is 14.4. The van der Waals surface area contributed by atoms with Gasteiger partial charge in [-0.1, -0.05) is 6.07 Å². The molecular weight excluding hydrogens is 256 g/mol. The average molecular weight is 272 g/mol. The molecule has 1 N–H and O–H groups in total. The van der Waals surface area contributed by atoms with Crippen molar-refractivity contribution in [3.05, 3.63) is 46.0 Å². The average Bonchev–Trinajstić information content (AvgIpc) is 3.14. The van der Waals surface area contributed by atoms with Crippen molar-refractivity contribution in [2.45, 2.75) is 32.6 Å². The first-order chi connectivity index (χ1) is 9.13. The number of aryl methyl sites for hydroxylation is 2. The van der Waals surface area contributed by atoms with Crippen LogP contribution >= 0.6 is 11.3 Å². The topological polar surface area (TPSA) is 42.0 Å². The first-order valence-electron chi connectivity index (χ1n) is 6.47. The standard InChI is InChI=1S/C15H16N2OS/c1-9-3-4-12(7-10(9)2)14(18)17-15-16-13(8-19-15)11-5-6-11/h3-4,7-8,11H,5-6H2,1-2H3,(H,16,17,18). The molecule has 2 aromatic rings. The van der Waals surface area contributed by atoms with Crippen LogP contribution in [0, 0.1) is 13.8 Å². The Kier molecular flexibility index (Phi) is 3.11. The lowest BCUT2D eigenvalue weighted by atomic mass is 10.1. The highest BCUT2D eigenvalue weighted by molar-refractivity contribution is 7.14. The summed E-state index contributed by atoms with van der Waals surface area (Å²) >= 11 is 1.51. The summed E-state index contributed by atoms with van der Waals surface area (Å²) < 4.78 is 0. The number of carbonyl (C=O) groups is 1. The van der Waals surface area contributed by atoms with E-state index in [2.05, 4.69) is 10.3 Å². The van der Waals surface area contributed by atoms with E-state index >= 15 is 0 Å². The molecule has 0 aliphatic heterocycles. The lowest BCUT2D eigenvalue weighted by Gasteiger charge is -2.04. The van der Waals surface area contributed by atoms with Crippen LogP contribution in [0.1, 0.15) is 45.9 Å². The van der Waals surface area contributed by atoms with Gasteiger partial charge in [0.25, 0.3) is 5.91 Å². The lowest BCUT2D eigenvalue weighted by Crippen LogP contribution is -2.12. The molecule has 0 spiro atoms. The predicted molar refractivity (Wildman–Crippen MR) is 78.0 cm³/mol. The number of amides is 1. The van der Waals surface area contributed by atoms with Crippen molar-refractivity contribution >= 4 is 22.4 Å². The van der Waals surface area contributed by atoms with Crippen LogP contribution in [0.5, 0.6) is 0 Å². The summed E-state index contributed by atoms with van der Waals surface area (Å²) in [7, 11) is 0. The summed E-state index contributed by atoms with van der Waals surface area (Å²) in [6.45, 7) is 4.06. The molecule has 1 aliphatic carbocycles. The Hall–Kier alpha value is -1.68. The molecule has 0 saturated heterocycles. The van der Waals surface area contributed by atoms with Gasteiger partial charge in [0.05, 0.1) is 5.69 Å². The fraction of sp³-hybridized carbons (Fsp3) is 0.333. The summed E-state index contributed by atoms with van der Waals surface area (Å²) in [5, 5.41) is 5.62. The number of nitrogens with zero attached hydrogens (tertiary/aromatic N) is 1. The molecular formula is C15H16N2OS. The third-order valence-corrected chi connectivity index (χ3v) is 4.28. The van der Waals surface area contributed by atoms with Gasteiger partial charge in [0.2, 0.25) is 0 Å². The van der Waals surface area contributed by atoms with Gasteiger partial charge in [0, 0.05) is 16.9 Å². The molecule has 1 fully saturated rings. The zero-order chi connectivity index (χ0) is 13.4. The van der Waals surface area contributed by atoms with Crippen LogP contribution in [0.15, 0.2) is 23.6 Å². The summed E-state index contributed by atoms with van der Waals surface area (Å²) in [4.78, 5) is 16.6. The molecule has 1 aliphatic rings. The Morgan fingerprint density at radius 1 is 1.32 bits per heavy atom. The number of anilines is 1. The first kappa shape index (κ1) is 12.4.